The Balaban J connectivity index is 1.61. The molecule has 1 aliphatic rings. The van der Waals surface area contributed by atoms with Gasteiger partial charge < -0.3 is 15.4 Å². The van der Waals surface area contributed by atoms with Gasteiger partial charge in [0.25, 0.3) is 0 Å². The monoisotopic (exact) mass is 333 g/mol. The number of nitrogens with zero attached hydrogens (tertiary/aromatic N) is 3. The summed E-state index contributed by atoms with van der Waals surface area (Å²) in [6.45, 7) is 2.93. The van der Waals surface area contributed by atoms with Crippen molar-refractivity contribution in [2.24, 2.45) is 0 Å². The van der Waals surface area contributed by atoms with Crippen LogP contribution in [0.1, 0.15) is 31.4 Å². The SMILES string of the molecule is C[C@H](Cn1cncn1)NC(=O)N[C@@H]1CCCOc2cc(F)ccc21. The van der Waals surface area contributed by atoms with Crippen LogP contribution in [-0.2, 0) is 6.54 Å². The molecule has 1 aromatic carbocycles. The first-order valence-electron chi connectivity index (χ1n) is 7.93. The molecule has 2 amide bonds. The summed E-state index contributed by atoms with van der Waals surface area (Å²) in [4.78, 5) is 16.1. The molecule has 2 aromatic rings. The van der Waals surface area contributed by atoms with Gasteiger partial charge in [0.1, 0.15) is 24.2 Å². The molecule has 128 valence electrons. The minimum absolute atomic E-state index is 0.110. The molecule has 0 saturated heterocycles. The number of urea groups is 1. The zero-order valence-corrected chi connectivity index (χ0v) is 13.4. The van der Waals surface area contributed by atoms with Crippen LogP contribution in [0.4, 0.5) is 9.18 Å². The van der Waals surface area contributed by atoms with E-state index in [9.17, 15) is 9.18 Å². The van der Waals surface area contributed by atoms with Crippen LogP contribution in [0.5, 0.6) is 5.75 Å². The van der Waals surface area contributed by atoms with Gasteiger partial charge in [0, 0.05) is 17.7 Å². The molecule has 0 fully saturated rings. The van der Waals surface area contributed by atoms with E-state index in [0.29, 0.717) is 18.9 Å². The van der Waals surface area contributed by atoms with Crippen LogP contribution in [0.15, 0.2) is 30.9 Å². The molecule has 3 rings (SSSR count). The highest BCUT2D eigenvalue weighted by Crippen LogP contribution is 2.31. The molecular weight excluding hydrogens is 313 g/mol. The Labute approximate surface area is 139 Å². The van der Waals surface area contributed by atoms with Crippen molar-refractivity contribution in [3.63, 3.8) is 0 Å². The average Bonchev–Trinajstić information content (AvgIpc) is 2.95. The molecule has 0 saturated carbocycles. The lowest BCUT2D eigenvalue weighted by molar-refractivity contribution is 0.231. The number of benzene rings is 1. The minimum atomic E-state index is -0.347. The van der Waals surface area contributed by atoms with Crippen LogP contribution < -0.4 is 15.4 Å². The number of hydrogen-bond acceptors (Lipinski definition) is 4. The third kappa shape index (κ3) is 4.01. The van der Waals surface area contributed by atoms with Crippen molar-refractivity contribution in [1.29, 1.82) is 0 Å². The van der Waals surface area contributed by atoms with E-state index in [1.54, 1.807) is 17.1 Å². The molecule has 0 radical (unpaired) electrons. The van der Waals surface area contributed by atoms with Crippen LogP contribution >= 0.6 is 0 Å². The van der Waals surface area contributed by atoms with Gasteiger partial charge in [-0.25, -0.2) is 14.2 Å². The summed E-state index contributed by atoms with van der Waals surface area (Å²) in [5.41, 5.74) is 0.799. The maximum Gasteiger partial charge on any atom is 0.315 e. The fraction of sp³-hybridized carbons (Fsp3) is 0.438. The van der Waals surface area contributed by atoms with Gasteiger partial charge in [-0.3, -0.25) is 4.68 Å². The summed E-state index contributed by atoms with van der Waals surface area (Å²) in [6, 6.07) is 3.82. The number of fused-ring (bicyclic) bond motifs is 1. The smallest absolute Gasteiger partial charge is 0.315 e. The predicted octanol–water partition coefficient (Wildman–Crippen LogP) is 2.02. The molecule has 2 N–H and O–H groups in total. The molecule has 2 heterocycles. The summed E-state index contributed by atoms with van der Waals surface area (Å²) >= 11 is 0. The lowest BCUT2D eigenvalue weighted by Gasteiger charge is -2.21. The summed E-state index contributed by atoms with van der Waals surface area (Å²) in [5, 5.41) is 9.83. The van der Waals surface area contributed by atoms with Crippen molar-refractivity contribution < 1.29 is 13.9 Å². The van der Waals surface area contributed by atoms with Crippen LogP contribution in [0.3, 0.4) is 0 Å². The van der Waals surface area contributed by atoms with E-state index in [1.807, 2.05) is 6.92 Å². The Bertz CT molecular complexity index is 692. The third-order valence-corrected chi connectivity index (χ3v) is 3.86. The Morgan fingerprint density at radius 2 is 2.42 bits per heavy atom. The second-order valence-electron chi connectivity index (χ2n) is 5.86. The van der Waals surface area contributed by atoms with Gasteiger partial charge in [0.2, 0.25) is 0 Å². The van der Waals surface area contributed by atoms with Gasteiger partial charge in [-0.05, 0) is 25.8 Å². The van der Waals surface area contributed by atoms with E-state index < -0.39 is 0 Å². The van der Waals surface area contributed by atoms with Crippen molar-refractivity contribution in [3.05, 3.63) is 42.2 Å². The van der Waals surface area contributed by atoms with E-state index in [1.165, 1.54) is 18.5 Å². The molecule has 1 aliphatic heterocycles. The highest BCUT2D eigenvalue weighted by atomic mass is 19.1. The lowest BCUT2D eigenvalue weighted by atomic mass is 10.0. The van der Waals surface area contributed by atoms with Crippen LogP contribution in [0.25, 0.3) is 0 Å². The van der Waals surface area contributed by atoms with Crippen LogP contribution in [0.2, 0.25) is 0 Å². The summed E-state index contributed by atoms with van der Waals surface area (Å²) in [7, 11) is 0. The molecule has 0 unspecified atom stereocenters. The van der Waals surface area contributed by atoms with Crippen LogP contribution in [0, 0.1) is 5.82 Å². The number of nitrogens with one attached hydrogen (secondary N) is 2. The van der Waals surface area contributed by atoms with Crippen molar-refractivity contribution >= 4 is 6.03 Å². The minimum Gasteiger partial charge on any atom is -0.493 e. The molecule has 0 bridgehead atoms. The third-order valence-electron chi connectivity index (χ3n) is 3.86. The number of amides is 2. The fourth-order valence-corrected chi connectivity index (χ4v) is 2.77. The molecule has 0 spiro atoms. The summed E-state index contributed by atoms with van der Waals surface area (Å²) < 4.78 is 20.6. The predicted molar refractivity (Wildman–Crippen MR) is 85.0 cm³/mol. The van der Waals surface area contributed by atoms with E-state index in [2.05, 4.69) is 20.7 Å². The van der Waals surface area contributed by atoms with Crippen molar-refractivity contribution in [2.75, 3.05) is 6.61 Å². The van der Waals surface area contributed by atoms with Gasteiger partial charge in [0.15, 0.2) is 0 Å². The topological polar surface area (TPSA) is 81.1 Å². The Morgan fingerprint density at radius 3 is 3.21 bits per heavy atom. The van der Waals surface area contributed by atoms with Crippen LogP contribution in [-0.4, -0.2) is 33.4 Å². The lowest BCUT2D eigenvalue weighted by Crippen LogP contribution is -2.43. The highest BCUT2D eigenvalue weighted by Gasteiger charge is 2.22. The first-order valence-corrected chi connectivity index (χ1v) is 7.93. The second kappa shape index (κ2) is 7.29. The standard InChI is InChI=1S/C16H20FN5O2/c1-11(8-22-10-18-9-19-22)20-16(23)21-14-3-2-6-24-15-7-12(17)4-5-13(14)15/h4-5,7,9-11,14H,2-3,6,8H2,1H3,(H2,20,21,23)/t11-,14-/m1/s1. The van der Waals surface area contributed by atoms with E-state index in [-0.39, 0.29) is 23.9 Å². The normalized spacial score (nSPS) is 18.0. The molecule has 0 aliphatic carbocycles. The molecule has 8 heteroatoms. The zero-order chi connectivity index (χ0) is 16.9. The quantitative estimate of drug-likeness (QED) is 0.897. The Morgan fingerprint density at radius 1 is 1.54 bits per heavy atom. The Hall–Kier alpha value is -2.64. The number of hydrogen-bond donors (Lipinski definition) is 2. The number of ether oxygens (including phenoxy) is 1. The van der Waals surface area contributed by atoms with Gasteiger partial charge >= 0.3 is 6.03 Å². The highest BCUT2D eigenvalue weighted by molar-refractivity contribution is 5.74. The van der Waals surface area contributed by atoms with Gasteiger partial charge in [0.05, 0.1) is 19.2 Å². The average molecular weight is 333 g/mol. The number of carbonyl (C=O) groups is 1. The first kappa shape index (κ1) is 16.2. The fourth-order valence-electron chi connectivity index (χ4n) is 2.77. The zero-order valence-electron chi connectivity index (χ0n) is 13.4. The number of carbonyl (C=O) groups excluding carboxylic acids is 1. The second-order valence-corrected chi connectivity index (χ2v) is 5.86. The molecule has 2 atom stereocenters. The van der Waals surface area contributed by atoms with Crippen molar-refractivity contribution in [1.82, 2.24) is 25.4 Å². The van der Waals surface area contributed by atoms with Gasteiger partial charge in [-0.2, -0.15) is 5.10 Å². The van der Waals surface area contributed by atoms with Crippen molar-refractivity contribution in [2.45, 2.75) is 38.4 Å². The summed E-state index contributed by atoms with van der Waals surface area (Å²) in [5.74, 6) is 0.147. The molecular formula is C16H20FN5O2. The van der Waals surface area contributed by atoms with Gasteiger partial charge in [-0.1, -0.05) is 6.07 Å². The summed E-state index contributed by atoms with van der Waals surface area (Å²) in [6.07, 6.45) is 4.58. The van der Waals surface area contributed by atoms with E-state index in [0.717, 1.165) is 18.4 Å². The van der Waals surface area contributed by atoms with E-state index >= 15 is 0 Å². The number of halogens is 1. The maximum atomic E-state index is 13.4. The largest absolute Gasteiger partial charge is 0.493 e. The number of aromatic nitrogens is 3. The van der Waals surface area contributed by atoms with Crippen molar-refractivity contribution in [3.8, 4) is 5.75 Å². The molecule has 1 aromatic heterocycles. The molecule has 24 heavy (non-hydrogen) atoms. The maximum absolute atomic E-state index is 13.4. The van der Waals surface area contributed by atoms with E-state index in [4.69, 9.17) is 4.74 Å². The van der Waals surface area contributed by atoms with Gasteiger partial charge in [-0.15, -0.1) is 0 Å². The first-order chi connectivity index (χ1) is 11.6. The number of rotatable bonds is 4. The molecule has 7 nitrogen and oxygen atoms in total. The Kier molecular flexibility index (Phi) is 4.93.